The Labute approximate surface area is 110 Å². The molecule has 0 unspecified atom stereocenters. The van der Waals surface area contributed by atoms with Gasteiger partial charge in [0.15, 0.2) is 0 Å². The molecule has 0 aliphatic heterocycles. The highest BCUT2D eigenvalue weighted by Gasteiger charge is 2.16. The van der Waals surface area contributed by atoms with Gasteiger partial charge in [-0.05, 0) is 30.3 Å². The van der Waals surface area contributed by atoms with Gasteiger partial charge in [0, 0.05) is 24.4 Å². The number of hydrogen-bond donors (Lipinski definition) is 0. The van der Waals surface area contributed by atoms with Crippen molar-refractivity contribution >= 4 is 23.3 Å². The molecule has 0 atom stereocenters. The van der Waals surface area contributed by atoms with Crippen LogP contribution < -0.4 is 4.90 Å². The number of para-hydroxylation sites is 2. The van der Waals surface area contributed by atoms with Gasteiger partial charge in [-0.3, -0.25) is 14.9 Å². The molecule has 2 rings (SSSR count). The predicted molar refractivity (Wildman–Crippen MR) is 73.0 cm³/mol. The van der Waals surface area contributed by atoms with Crippen molar-refractivity contribution in [2.24, 2.45) is 0 Å². The van der Waals surface area contributed by atoms with Crippen LogP contribution in [0, 0.1) is 10.1 Å². The van der Waals surface area contributed by atoms with Crippen molar-refractivity contribution in [2.75, 3.05) is 11.9 Å². The largest absolute Gasteiger partial charge is 0.339 e. The van der Waals surface area contributed by atoms with Crippen LogP contribution in [0.5, 0.6) is 0 Å². The Balaban J connectivity index is 2.40. The maximum Gasteiger partial charge on any atom is 0.292 e. The minimum absolute atomic E-state index is 0.0458. The highest BCUT2D eigenvalue weighted by atomic mass is 16.6. The second-order valence-corrected chi connectivity index (χ2v) is 4.01. The number of benzene rings is 2. The SMILES string of the molecule is CN(c1ccc(C=O)cc1)c1ccccc1[N+](=O)[O-]. The monoisotopic (exact) mass is 256 g/mol. The van der Waals surface area contributed by atoms with Crippen LogP contribution in [0.2, 0.25) is 0 Å². The first-order valence-corrected chi connectivity index (χ1v) is 5.66. The van der Waals surface area contributed by atoms with Gasteiger partial charge in [-0.1, -0.05) is 12.1 Å². The summed E-state index contributed by atoms with van der Waals surface area (Å²) >= 11 is 0. The third kappa shape index (κ3) is 2.60. The summed E-state index contributed by atoms with van der Waals surface area (Å²) in [6.07, 6.45) is 0.759. The Morgan fingerprint density at radius 3 is 2.32 bits per heavy atom. The molecule has 0 N–H and O–H groups in total. The van der Waals surface area contributed by atoms with E-state index < -0.39 is 4.92 Å². The van der Waals surface area contributed by atoms with Crippen molar-refractivity contribution in [1.82, 2.24) is 0 Å². The normalized spacial score (nSPS) is 9.95. The number of nitro groups is 1. The van der Waals surface area contributed by atoms with Crippen LogP contribution in [0.4, 0.5) is 17.1 Å². The van der Waals surface area contributed by atoms with Crippen LogP contribution >= 0.6 is 0 Å². The maximum atomic E-state index is 11.0. The van der Waals surface area contributed by atoms with Crippen molar-refractivity contribution in [2.45, 2.75) is 0 Å². The summed E-state index contributed by atoms with van der Waals surface area (Å²) in [5, 5.41) is 11.0. The van der Waals surface area contributed by atoms with Crippen molar-refractivity contribution in [3.05, 3.63) is 64.2 Å². The van der Waals surface area contributed by atoms with E-state index >= 15 is 0 Å². The Kier molecular flexibility index (Phi) is 3.56. The Hall–Kier alpha value is -2.69. The van der Waals surface area contributed by atoms with Gasteiger partial charge in [-0.25, -0.2) is 0 Å². The van der Waals surface area contributed by atoms with E-state index in [0.29, 0.717) is 11.3 Å². The zero-order chi connectivity index (χ0) is 13.8. The van der Waals surface area contributed by atoms with E-state index in [1.807, 2.05) is 0 Å². The smallest absolute Gasteiger partial charge is 0.292 e. The van der Waals surface area contributed by atoms with Crippen LogP contribution in [0.25, 0.3) is 0 Å². The van der Waals surface area contributed by atoms with Crippen LogP contribution in [0.15, 0.2) is 48.5 Å². The number of carbonyl (C=O) groups excluding carboxylic acids is 1. The predicted octanol–water partition coefficient (Wildman–Crippen LogP) is 3.18. The molecule has 0 heterocycles. The first-order valence-electron chi connectivity index (χ1n) is 5.66. The Morgan fingerprint density at radius 2 is 1.74 bits per heavy atom. The lowest BCUT2D eigenvalue weighted by Gasteiger charge is -2.19. The van der Waals surface area contributed by atoms with Gasteiger partial charge >= 0.3 is 0 Å². The molecule has 0 aliphatic rings. The molecule has 0 fully saturated rings. The number of nitro benzene ring substituents is 1. The minimum Gasteiger partial charge on any atom is -0.339 e. The van der Waals surface area contributed by atoms with Crippen LogP contribution in [-0.4, -0.2) is 18.3 Å². The summed E-state index contributed by atoms with van der Waals surface area (Å²) in [4.78, 5) is 22.9. The molecule has 0 spiro atoms. The fourth-order valence-corrected chi connectivity index (χ4v) is 1.82. The molecule has 0 amide bonds. The summed E-state index contributed by atoms with van der Waals surface area (Å²) in [6, 6.07) is 13.4. The molecule has 0 aliphatic carbocycles. The number of carbonyl (C=O) groups is 1. The van der Waals surface area contributed by atoms with Gasteiger partial charge in [-0.2, -0.15) is 0 Å². The van der Waals surface area contributed by atoms with Crippen LogP contribution in [0.1, 0.15) is 10.4 Å². The van der Waals surface area contributed by atoms with E-state index in [4.69, 9.17) is 0 Å². The second-order valence-electron chi connectivity index (χ2n) is 4.01. The quantitative estimate of drug-likeness (QED) is 0.479. The van der Waals surface area contributed by atoms with E-state index in [9.17, 15) is 14.9 Å². The van der Waals surface area contributed by atoms with E-state index in [-0.39, 0.29) is 5.69 Å². The van der Waals surface area contributed by atoms with E-state index in [0.717, 1.165) is 12.0 Å². The van der Waals surface area contributed by atoms with Gasteiger partial charge < -0.3 is 4.90 Å². The van der Waals surface area contributed by atoms with Crippen LogP contribution in [0.3, 0.4) is 0 Å². The third-order valence-electron chi connectivity index (χ3n) is 2.86. The number of nitrogens with zero attached hydrogens (tertiary/aromatic N) is 2. The molecule has 19 heavy (non-hydrogen) atoms. The zero-order valence-electron chi connectivity index (χ0n) is 10.3. The van der Waals surface area contributed by atoms with Gasteiger partial charge in [0.2, 0.25) is 0 Å². The van der Waals surface area contributed by atoms with Gasteiger partial charge in [-0.15, -0.1) is 0 Å². The molecule has 0 bridgehead atoms. The van der Waals surface area contributed by atoms with E-state index in [2.05, 4.69) is 0 Å². The highest BCUT2D eigenvalue weighted by molar-refractivity contribution is 5.77. The fourth-order valence-electron chi connectivity index (χ4n) is 1.82. The number of anilines is 2. The Bertz CT molecular complexity index is 608. The average Bonchev–Trinajstić information content (AvgIpc) is 2.46. The second kappa shape index (κ2) is 5.30. The number of rotatable bonds is 4. The molecule has 0 aromatic heterocycles. The van der Waals surface area contributed by atoms with Gasteiger partial charge in [0.25, 0.3) is 5.69 Å². The fraction of sp³-hybridized carbons (Fsp3) is 0.0714. The standard InChI is InChI=1S/C14H12N2O3/c1-15(12-8-6-11(10-17)7-9-12)13-4-2-3-5-14(13)16(18)19/h2-10H,1H3. The molecule has 5 heteroatoms. The minimum atomic E-state index is -0.411. The Morgan fingerprint density at radius 1 is 1.11 bits per heavy atom. The first kappa shape index (κ1) is 12.8. The number of hydrogen-bond acceptors (Lipinski definition) is 4. The van der Waals surface area contributed by atoms with Crippen molar-refractivity contribution in [3.63, 3.8) is 0 Å². The maximum absolute atomic E-state index is 11.0. The summed E-state index contributed by atoms with van der Waals surface area (Å²) < 4.78 is 0. The van der Waals surface area contributed by atoms with Gasteiger partial charge in [0.1, 0.15) is 12.0 Å². The van der Waals surface area contributed by atoms with E-state index in [1.54, 1.807) is 54.4 Å². The molecule has 2 aromatic rings. The molecular formula is C14H12N2O3. The molecule has 2 aromatic carbocycles. The average molecular weight is 256 g/mol. The summed E-state index contributed by atoms with van der Waals surface area (Å²) in [5.74, 6) is 0. The molecule has 0 saturated heterocycles. The van der Waals surface area contributed by atoms with Crippen molar-refractivity contribution < 1.29 is 9.72 Å². The first-order chi connectivity index (χ1) is 9.13. The summed E-state index contributed by atoms with van der Waals surface area (Å²) in [6.45, 7) is 0. The topological polar surface area (TPSA) is 63.5 Å². The lowest BCUT2D eigenvalue weighted by Crippen LogP contribution is -2.11. The van der Waals surface area contributed by atoms with Crippen LogP contribution in [-0.2, 0) is 0 Å². The third-order valence-corrected chi connectivity index (χ3v) is 2.86. The molecule has 0 saturated carbocycles. The molecule has 96 valence electrons. The van der Waals surface area contributed by atoms with Crippen molar-refractivity contribution in [1.29, 1.82) is 0 Å². The number of aldehydes is 1. The molecule has 5 nitrogen and oxygen atoms in total. The van der Waals surface area contributed by atoms with Gasteiger partial charge in [0.05, 0.1) is 4.92 Å². The molecule has 0 radical (unpaired) electrons. The molecular weight excluding hydrogens is 244 g/mol. The summed E-state index contributed by atoms with van der Waals surface area (Å²) in [7, 11) is 1.75. The zero-order valence-corrected chi connectivity index (χ0v) is 10.3. The van der Waals surface area contributed by atoms with E-state index in [1.165, 1.54) is 6.07 Å². The lowest BCUT2D eigenvalue weighted by atomic mass is 10.2. The summed E-state index contributed by atoms with van der Waals surface area (Å²) in [5.41, 5.74) is 1.90. The van der Waals surface area contributed by atoms with Crippen molar-refractivity contribution in [3.8, 4) is 0 Å². The highest BCUT2D eigenvalue weighted by Crippen LogP contribution is 2.31. The lowest BCUT2D eigenvalue weighted by molar-refractivity contribution is -0.384.